The Morgan fingerprint density at radius 2 is 2.05 bits per heavy atom. The molecular weight excluding hydrogens is 250 g/mol. The fourth-order valence-electron chi connectivity index (χ4n) is 1.55. The average Bonchev–Trinajstić information content (AvgIpc) is 2.77. The lowest BCUT2D eigenvalue weighted by molar-refractivity contribution is 0.0696. The zero-order valence-corrected chi connectivity index (χ0v) is 9.99. The Bertz CT molecular complexity index is 648. The molecule has 1 heterocycles. The normalized spacial score (nSPS) is 10.2. The van der Waals surface area contributed by atoms with E-state index in [9.17, 15) is 14.7 Å². The first-order valence-electron chi connectivity index (χ1n) is 5.34. The van der Waals surface area contributed by atoms with Gasteiger partial charge >= 0.3 is 5.97 Å². The third kappa shape index (κ3) is 2.54. The summed E-state index contributed by atoms with van der Waals surface area (Å²) in [4.78, 5) is 22.6. The van der Waals surface area contributed by atoms with Gasteiger partial charge in [-0.15, -0.1) is 0 Å². The number of rotatable bonds is 3. The number of nitrogens with zero attached hydrogens (tertiary/aromatic N) is 2. The predicted octanol–water partition coefficient (Wildman–Crippen LogP) is 1.08. The Hall–Kier alpha value is -2.83. The van der Waals surface area contributed by atoms with Crippen LogP contribution in [0, 0.1) is 0 Å². The lowest BCUT2D eigenvalue weighted by Crippen LogP contribution is -2.16. The van der Waals surface area contributed by atoms with Crippen LogP contribution >= 0.6 is 0 Å². The highest BCUT2D eigenvalue weighted by Gasteiger charge is 2.13. The molecule has 0 aliphatic rings. The fourth-order valence-corrected chi connectivity index (χ4v) is 1.55. The van der Waals surface area contributed by atoms with Gasteiger partial charge in [0.25, 0.3) is 5.91 Å². The number of aromatic hydroxyl groups is 1. The van der Waals surface area contributed by atoms with Crippen molar-refractivity contribution in [1.82, 2.24) is 9.78 Å². The second kappa shape index (κ2) is 4.81. The first-order chi connectivity index (χ1) is 8.99. The van der Waals surface area contributed by atoms with Crippen molar-refractivity contribution in [2.24, 2.45) is 7.05 Å². The number of phenolic OH excluding ortho intramolecular Hbond substituents is 1. The van der Waals surface area contributed by atoms with Crippen molar-refractivity contribution in [3.05, 3.63) is 41.7 Å². The first-order valence-corrected chi connectivity index (χ1v) is 5.34. The number of phenols is 1. The van der Waals surface area contributed by atoms with Gasteiger partial charge in [0, 0.05) is 13.2 Å². The number of nitrogens with one attached hydrogen (secondary N) is 1. The van der Waals surface area contributed by atoms with Crippen LogP contribution < -0.4 is 5.32 Å². The standard InChI is InChI=1S/C12H11N3O4/c1-15-9(4-5-13-15)11(17)14-8-3-2-7(12(18)19)6-10(8)16/h2-6,16H,1H3,(H,14,17)(H,18,19). The zero-order valence-electron chi connectivity index (χ0n) is 9.99. The smallest absolute Gasteiger partial charge is 0.335 e. The number of aryl methyl sites for hydroxylation is 1. The largest absolute Gasteiger partial charge is 0.506 e. The van der Waals surface area contributed by atoms with Gasteiger partial charge < -0.3 is 15.5 Å². The summed E-state index contributed by atoms with van der Waals surface area (Å²) in [5, 5.41) is 24.7. The number of carboxylic acid groups (broad SMARTS) is 1. The van der Waals surface area contributed by atoms with Crippen LogP contribution in [-0.4, -0.2) is 31.9 Å². The number of hydrogen-bond acceptors (Lipinski definition) is 4. The number of amides is 1. The Balaban J connectivity index is 2.23. The van der Waals surface area contributed by atoms with Crippen LogP contribution in [0.4, 0.5) is 5.69 Å². The molecule has 2 aromatic rings. The molecule has 0 fully saturated rings. The highest BCUT2D eigenvalue weighted by atomic mass is 16.4. The molecule has 1 aromatic carbocycles. The lowest BCUT2D eigenvalue weighted by Gasteiger charge is -2.08. The maximum Gasteiger partial charge on any atom is 0.335 e. The molecule has 0 bridgehead atoms. The number of benzene rings is 1. The van der Waals surface area contributed by atoms with E-state index in [0.717, 1.165) is 6.07 Å². The van der Waals surface area contributed by atoms with Crippen LogP contribution in [0.5, 0.6) is 5.75 Å². The van der Waals surface area contributed by atoms with Crippen LogP contribution in [0.25, 0.3) is 0 Å². The molecule has 0 saturated heterocycles. The molecule has 7 heteroatoms. The molecule has 2 rings (SSSR count). The van der Waals surface area contributed by atoms with Gasteiger partial charge in [0.15, 0.2) is 0 Å². The Labute approximate surface area is 108 Å². The number of carbonyl (C=O) groups is 2. The molecule has 0 aliphatic heterocycles. The summed E-state index contributed by atoms with van der Waals surface area (Å²) in [6, 6.07) is 5.22. The highest BCUT2D eigenvalue weighted by Crippen LogP contribution is 2.24. The van der Waals surface area contributed by atoms with Crippen LogP contribution in [0.15, 0.2) is 30.5 Å². The molecule has 0 unspecified atom stereocenters. The van der Waals surface area contributed by atoms with E-state index in [-0.39, 0.29) is 17.0 Å². The second-order valence-electron chi connectivity index (χ2n) is 3.83. The zero-order chi connectivity index (χ0) is 14.0. The fraction of sp³-hybridized carbons (Fsp3) is 0.0833. The van der Waals surface area contributed by atoms with Gasteiger partial charge in [0.1, 0.15) is 11.4 Å². The summed E-state index contributed by atoms with van der Waals surface area (Å²) in [5.41, 5.74) is 0.397. The minimum absolute atomic E-state index is 0.0592. The maximum atomic E-state index is 11.9. The van der Waals surface area contributed by atoms with Crippen LogP contribution in [0.1, 0.15) is 20.8 Å². The summed E-state index contributed by atoms with van der Waals surface area (Å²) in [7, 11) is 1.61. The quantitative estimate of drug-likeness (QED) is 0.717. The van der Waals surface area contributed by atoms with Gasteiger partial charge in [0.2, 0.25) is 0 Å². The van der Waals surface area contributed by atoms with Crippen LogP contribution in [0.3, 0.4) is 0 Å². The van der Waals surface area contributed by atoms with Gasteiger partial charge in [-0.1, -0.05) is 0 Å². The van der Waals surface area contributed by atoms with Gasteiger partial charge in [0.05, 0.1) is 11.3 Å². The summed E-state index contributed by atoms with van der Waals surface area (Å²) in [5.74, 6) is -1.91. The van der Waals surface area contributed by atoms with Crippen molar-refractivity contribution in [2.75, 3.05) is 5.32 Å². The summed E-state index contributed by atoms with van der Waals surface area (Å²) < 4.78 is 1.39. The Kier molecular flexibility index (Phi) is 3.19. The third-order valence-corrected chi connectivity index (χ3v) is 2.55. The number of carboxylic acids is 1. The molecule has 7 nitrogen and oxygen atoms in total. The number of carbonyl (C=O) groups excluding carboxylic acids is 1. The molecule has 0 saturated carbocycles. The van der Waals surface area contributed by atoms with E-state index in [1.54, 1.807) is 7.05 Å². The van der Waals surface area contributed by atoms with Gasteiger partial charge in [-0.25, -0.2) is 4.79 Å². The monoisotopic (exact) mass is 261 g/mol. The SMILES string of the molecule is Cn1nccc1C(=O)Nc1ccc(C(=O)O)cc1O. The highest BCUT2D eigenvalue weighted by molar-refractivity contribution is 6.04. The molecule has 0 radical (unpaired) electrons. The minimum atomic E-state index is -1.15. The first kappa shape index (κ1) is 12.6. The molecule has 0 atom stereocenters. The number of aromatic carboxylic acids is 1. The van der Waals surface area contributed by atoms with E-state index in [1.807, 2.05) is 0 Å². The summed E-state index contributed by atoms with van der Waals surface area (Å²) in [6.45, 7) is 0. The van der Waals surface area contributed by atoms with E-state index < -0.39 is 11.9 Å². The Morgan fingerprint density at radius 1 is 1.32 bits per heavy atom. The molecular formula is C12H11N3O4. The van der Waals surface area contributed by atoms with E-state index in [4.69, 9.17) is 5.11 Å². The van der Waals surface area contributed by atoms with Crippen molar-refractivity contribution >= 4 is 17.6 Å². The van der Waals surface area contributed by atoms with Crippen molar-refractivity contribution < 1.29 is 19.8 Å². The molecule has 3 N–H and O–H groups in total. The molecule has 19 heavy (non-hydrogen) atoms. The van der Waals surface area contributed by atoms with Gasteiger partial charge in [-0.3, -0.25) is 9.48 Å². The van der Waals surface area contributed by atoms with Crippen LogP contribution in [0.2, 0.25) is 0 Å². The molecule has 1 aromatic heterocycles. The molecule has 0 aliphatic carbocycles. The van der Waals surface area contributed by atoms with Crippen molar-refractivity contribution in [2.45, 2.75) is 0 Å². The van der Waals surface area contributed by atoms with E-state index in [2.05, 4.69) is 10.4 Å². The van der Waals surface area contributed by atoms with Crippen LogP contribution in [-0.2, 0) is 7.05 Å². The average molecular weight is 261 g/mol. The molecule has 1 amide bonds. The van der Waals surface area contributed by atoms with Gasteiger partial charge in [-0.05, 0) is 24.3 Å². The minimum Gasteiger partial charge on any atom is -0.506 e. The van der Waals surface area contributed by atoms with E-state index in [0.29, 0.717) is 5.69 Å². The van der Waals surface area contributed by atoms with E-state index >= 15 is 0 Å². The number of anilines is 1. The second-order valence-corrected chi connectivity index (χ2v) is 3.83. The molecule has 0 spiro atoms. The number of aromatic nitrogens is 2. The summed E-state index contributed by atoms with van der Waals surface area (Å²) in [6.07, 6.45) is 1.47. The Morgan fingerprint density at radius 3 is 2.58 bits per heavy atom. The maximum absolute atomic E-state index is 11.9. The van der Waals surface area contributed by atoms with E-state index in [1.165, 1.54) is 29.1 Å². The third-order valence-electron chi connectivity index (χ3n) is 2.55. The van der Waals surface area contributed by atoms with Crippen molar-refractivity contribution in [3.8, 4) is 5.75 Å². The summed E-state index contributed by atoms with van der Waals surface area (Å²) >= 11 is 0. The number of hydrogen-bond donors (Lipinski definition) is 3. The van der Waals surface area contributed by atoms with Gasteiger partial charge in [-0.2, -0.15) is 5.10 Å². The lowest BCUT2D eigenvalue weighted by atomic mass is 10.2. The predicted molar refractivity (Wildman–Crippen MR) is 66.2 cm³/mol. The molecule has 98 valence electrons. The topological polar surface area (TPSA) is 104 Å². The van der Waals surface area contributed by atoms with Crippen molar-refractivity contribution in [3.63, 3.8) is 0 Å². The van der Waals surface area contributed by atoms with Crippen molar-refractivity contribution in [1.29, 1.82) is 0 Å².